The first-order chi connectivity index (χ1) is 10.8. The smallest absolute Gasteiger partial charge is 0.0755 e. The maximum Gasteiger partial charge on any atom is 0.0755 e. The first kappa shape index (κ1) is 15.7. The predicted octanol–water partition coefficient (Wildman–Crippen LogP) is 2.88. The summed E-state index contributed by atoms with van der Waals surface area (Å²) in [5.74, 6) is 0. The zero-order valence-electron chi connectivity index (χ0n) is 13.9. The first-order valence-electron chi connectivity index (χ1n) is 8.56. The van der Waals surface area contributed by atoms with Crippen molar-refractivity contribution >= 4 is 6.08 Å². The number of morpholine rings is 1. The predicted molar refractivity (Wildman–Crippen MR) is 91.9 cm³/mol. The van der Waals surface area contributed by atoms with Crippen LogP contribution in [0.1, 0.15) is 25.8 Å². The van der Waals surface area contributed by atoms with Crippen LogP contribution in [0.5, 0.6) is 0 Å². The minimum Gasteiger partial charge on any atom is -0.375 e. The molecular formula is C19H28N2O. The number of likely N-dealkylation sites (N-methyl/N-ethyl adjacent to an activating group) is 1. The molecule has 0 radical (unpaired) electrons. The van der Waals surface area contributed by atoms with Gasteiger partial charge in [0.25, 0.3) is 0 Å². The highest BCUT2D eigenvalue weighted by Gasteiger charge is 2.36. The van der Waals surface area contributed by atoms with E-state index < -0.39 is 0 Å². The Hall–Kier alpha value is -1.16. The summed E-state index contributed by atoms with van der Waals surface area (Å²) in [7, 11) is 0. The van der Waals surface area contributed by atoms with E-state index in [1.807, 2.05) is 0 Å². The quantitative estimate of drug-likeness (QED) is 0.850. The van der Waals surface area contributed by atoms with E-state index in [9.17, 15) is 0 Å². The number of ether oxygens (including phenoxy) is 1. The van der Waals surface area contributed by atoms with Crippen LogP contribution in [0.4, 0.5) is 0 Å². The number of fused-ring (bicyclic) bond motifs is 1. The summed E-state index contributed by atoms with van der Waals surface area (Å²) in [5.41, 5.74) is 2.73. The van der Waals surface area contributed by atoms with E-state index in [0.29, 0.717) is 12.1 Å². The molecule has 0 bridgehead atoms. The summed E-state index contributed by atoms with van der Waals surface area (Å²) >= 11 is 0. The molecule has 22 heavy (non-hydrogen) atoms. The molecule has 120 valence electrons. The van der Waals surface area contributed by atoms with Crippen LogP contribution in [0, 0.1) is 0 Å². The molecule has 0 aliphatic carbocycles. The number of hydrogen-bond acceptors (Lipinski definition) is 3. The molecule has 2 aliphatic rings. The van der Waals surface area contributed by atoms with Crippen LogP contribution in [0.25, 0.3) is 6.08 Å². The molecule has 2 heterocycles. The van der Waals surface area contributed by atoms with E-state index in [4.69, 9.17) is 4.74 Å². The molecule has 1 aromatic carbocycles. The standard InChI is InChI=1S/C19H28N2O/c1-3-20-10-9-19-18(15-20)21(11-12-22-19)14-16(2)13-17-7-5-4-6-8-17/h4-8,13,18-19H,3,9-12,14-15H2,1-2H3/b16-13+/t18-,19+/m0/s1. The molecule has 0 N–H and O–H groups in total. The number of benzene rings is 1. The van der Waals surface area contributed by atoms with Crippen molar-refractivity contribution in [2.45, 2.75) is 32.4 Å². The van der Waals surface area contributed by atoms with Crippen molar-refractivity contribution in [3.63, 3.8) is 0 Å². The van der Waals surface area contributed by atoms with Crippen LogP contribution >= 0.6 is 0 Å². The maximum atomic E-state index is 6.02. The summed E-state index contributed by atoms with van der Waals surface area (Å²) in [6, 6.07) is 11.2. The fourth-order valence-corrected chi connectivity index (χ4v) is 3.69. The zero-order chi connectivity index (χ0) is 15.4. The van der Waals surface area contributed by atoms with Crippen molar-refractivity contribution in [1.82, 2.24) is 9.80 Å². The van der Waals surface area contributed by atoms with Crippen LogP contribution < -0.4 is 0 Å². The summed E-state index contributed by atoms with van der Waals surface area (Å²) in [6.45, 7) is 11.0. The van der Waals surface area contributed by atoms with Gasteiger partial charge in [-0.05, 0) is 25.5 Å². The second-order valence-electron chi connectivity index (χ2n) is 6.53. The van der Waals surface area contributed by atoms with Gasteiger partial charge in [0.15, 0.2) is 0 Å². The van der Waals surface area contributed by atoms with Crippen molar-refractivity contribution in [3.8, 4) is 0 Å². The van der Waals surface area contributed by atoms with Crippen LogP contribution in [-0.2, 0) is 4.74 Å². The Labute approximate surface area is 134 Å². The van der Waals surface area contributed by atoms with Gasteiger partial charge in [0.05, 0.1) is 12.7 Å². The molecule has 3 rings (SSSR count). The number of likely N-dealkylation sites (tertiary alicyclic amines) is 1. The molecule has 1 aromatic rings. The summed E-state index contributed by atoms with van der Waals surface area (Å²) in [5, 5.41) is 0. The number of nitrogens with zero attached hydrogens (tertiary/aromatic N) is 2. The van der Waals surface area contributed by atoms with E-state index in [1.165, 1.54) is 24.1 Å². The molecule has 2 atom stereocenters. The number of hydrogen-bond donors (Lipinski definition) is 0. The van der Waals surface area contributed by atoms with Gasteiger partial charge >= 0.3 is 0 Å². The van der Waals surface area contributed by atoms with E-state index in [-0.39, 0.29) is 0 Å². The van der Waals surface area contributed by atoms with E-state index in [2.05, 4.69) is 60.1 Å². The van der Waals surface area contributed by atoms with Crippen molar-refractivity contribution in [2.75, 3.05) is 39.3 Å². The van der Waals surface area contributed by atoms with Crippen LogP contribution in [0.15, 0.2) is 35.9 Å². The Bertz CT molecular complexity index is 499. The SMILES string of the molecule is CCN1CC[C@H]2OCCN(C/C(C)=C/c3ccccc3)[C@H]2C1. The third kappa shape index (κ3) is 3.78. The lowest BCUT2D eigenvalue weighted by Crippen LogP contribution is -2.60. The Kier molecular flexibility index (Phi) is 5.29. The monoisotopic (exact) mass is 300 g/mol. The minimum absolute atomic E-state index is 0.432. The van der Waals surface area contributed by atoms with Gasteiger partial charge < -0.3 is 9.64 Å². The molecule has 2 saturated heterocycles. The molecule has 2 aliphatic heterocycles. The van der Waals surface area contributed by atoms with Gasteiger partial charge in [-0.25, -0.2) is 0 Å². The highest BCUT2D eigenvalue weighted by atomic mass is 16.5. The molecule has 0 amide bonds. The lowest BCUT2D eigenvalue weighted by Gasteiger charge is -2.47. The third-order valence-electron chi connectivity index (χ3n) is 4.90. The van der Waals surface area contributed by atoms with E-state index >= 15 is 0 Å². The second-order valence-corrected chi connectivity index (χ2v) is 6.53. The van der Waals surface area contributed by atoms with Crippen molar-refractivity contribution in [1.29, 1.82) is 0 Å². The van der Waals surface area contributed by atoms with Gasteiger partial charge in [0.2, 0.25) is 0 Å². The highest BCUT2D eigenvalue weighted by molar-refractivity contribution is 5.52. The maximum absolute atomic E-state index is 6.02. The van der Waals surface area contributed by atoms with Gasteiger partial charge in [0, 0.05) is 32.2 Å². The van der Waals surface area contributed by atoms with Crippen molar-refractivity contribution in [2.24, 2.45) is 0 Å². The van der Waals surface area contributed by atoms with Crippen LogP contribution in [0.3, 0.4) is 0 Å². The number of rotatable bonds is 4. The highest BCUT2D eigenvalue weighted by Crippen LogP contribution is 2.24. The normalized spacial score (nSPS) is 27.6. The fourth-order valence-electron chi connectivity index (χ4n) is 3.69. The summed E-state index contributed by atoms with van der Waals surface area (Å²) in [4.78, 5) is 5.18. The average molecular weight is 300 g/mol. The molecule has 0 unspecified atom stereocenters. The Morgan fingerprint density at radius 3 is 2.86 bits per heavy atom. The van der Waals surface area contributed by atoms with E-state index in [0.717, 1.165) is 32.8 Å². The number of piperidine rings is 1. The Morgan fingerprint density at radius 1 is 1.27 bits per heavy atom. The molecular weight excluding hydrogens is 272 g/mol. The molecule has 0 spiro atoms. The van der Waals surface area contributed by atoms with Crippen molar-refractivity contribution < 1.29 is 4.74 Å². The lowest BCUT2D eigenvalue weighted by atomic mass is 9.98. The zero-order valence-corrected chi connectivity index (χ0v) is 13.9. The topological polar surface area (TPSA) is 15.7 Å². The van der Waals surface area contributed by atoms with Crippen molar-refractivity contribution in [3.05, 3.63) is 41.5 Å². The Balaban J connectivity index is 1.66. The van der Waals surface area contributed by atoms with Gasteiger partial charge in [0.1, 0.15) is 0 Å². The van der Waals surface area contributed by atoms with Gasteiger partial charge in [-0.2, -0.15) is 0 Å². The average Bonchev–Trinajstić information content (AvgIpc) is 2.55. The molecule has 3 heteroatoms. The fraction of sp³-hybridized carbons (Fsp3) is 0.579. The molecule has 3 nitrogen and oxygen atoms in total. The second kappa shape index (κ2) is 7.40. The van der Waals surface area contributed by atoms with Gasteiger partial charge in [-0.3, -0.25) is 4.90 Å². The van der Waals surface area contributed by atoms with Crippen LogP contribution in [0.2, 0.25) is 0 Å². The largest absolute Gasteiger partial charge is 0.375 e. The van der Waals surface area contributed by atoms with Gasteiger partial charge in [-0.1, -0.05) is 48.9 Å². The molecule has 0 aromatic heterocycles. The van der Waals surface area contributed by atoms with Gasteiger partial charge in [-0.15, -0.1) is 0 Å². The molecule has 2 fully saturated rings. The molecule has 0 saturated carbocycles. The van der Waals surface area contributed by atoms with E-state index in [1.54, 1.807) is 0 Å². The summed E-state index contributed by atoms with van der Waals surface area (Å²) < 4.78 is 6.02. The first-order valence-corrected chi connectivity index (χ1v) is 8.56. The third-order valence-corrected chi connectivity index (χ3v) is 4.90. The minimum atomic E-state index is 0.432. The Morgan fingerprint density at radius 2 is 2.09 bits per heavy atom. The lowest BCUT2D eigenvalue weighted by molar-refractivity contribution is -0.0992. The summed E-state index contributed by atoms with van der Waals surface area (Å²) in [6.07, 6.45) is 3.92. The van der Waals surface area contributed by atoms with Crippen LogP contribution in [-0.4, -0.2) is 61.3 Å².